The van der Waals surface area contributed by atoms with Crippen LogP contribution in [0, 0.1) is 0 Å². The standard InChI is InChI=1S/C14H19NOS/c16-12-4-5-13-10(8-12)2-1-3-14(13)15-11-6-7-17-9-11/h4-5,8,11,14-16H,1-3,6-7,9H2. The zero-order valence-electron chi connectivity index (χ0n) is 9.98. The van der Waals surface area contributed by atoms with Crippen LogP contribution in [-0.2, 0) is 6.42 Å². The first kappa shape index (κ1) is 11.4. The van der Waals surface area contributed by atoms with Gasteiger partial charge < -0.3 is 10.4 Å². The fraction of sp³-hybridized carbons (Fsp3) is 0.571. The second kappa shape index (κ2) is 4.91. The summed E-state index contributed by atoms with van der Waals surface area (Å²) in [5.74, 6) is 2.96. The Morgan fingerprint density at radius 3 is 3.06 bits per heavy atom. The fourth-order valence-electron chi connectivity index (χ4n) is 2.92. The highest BCUT2D eigenvalue weighted by Gasteiger charge is 2.24. The van der Waals surface area contributed by atoms with Gasteiger partial charge in [-0.1, -0.05) is 6.07 Å². The molecule has 17 heavy (non-hydrogen) atoms. The van der Waals surface area contributed by atoms with E-state index in [1.54, 1.807) is 0 Å². The molecule has 2 atom stereocenters. The van der Waals surface area contributed by atoms with Gasteiger partial charge in [0.1, 0.15) is 5.75 Å². The molecular formula is C14H19NOS. The number of aryl methyl sites for hydroxylation is 1. The quantitative estimate of drug-likeness (QED) is 0.845. The van der Waals surface area contributed by atoms with Crippen LogP contribution in [0.25, 0.3) is 0 Å². The third-order valence-corrected chi connectivity index (χ3v) is 4.97. The van der Waals surface area contributed by atoms with Gasteiger partial charge in [-0.15, -0.1) is 0 Å². The van der Waals surface area contributed by atoms with Crippen molar-refractivity contribution in [1.82, 2.24) is 5.32 Å². The average molecular weight is 249 g/mol. The molecule has 1 saturated heterocycles. The highest BCUT2D eigenvalue weighted by molar-refractivity contribution is 7.99. The Bertz CT molecular complexity index is 401. The van der Waals surface area contributed by atoms with Crippen molar-refractivity contribution in [2.24, 2.45) is 0 Å². The molecule has 2 N–H and O–H groups in total. The number of benzene rings is 1. The minimum atomic E-state index is 0.404. The maximum absolute atomic E-state index is 9.53. The Labute approximate surface area is 107 Å². The SMILES string of the molecule is Oc1ccc2c(c1)CCCC2NC1CCSC1. The number of hydrogen-bond acceptors (Lipinski definition) is 3. The van der Waals surface area contributed by atoms with Crippen LogP contribution in [0.3, 0.4) is 0 Å². The Morgan fingerprint density at radius 1 is 1.29 bits per heavy atom. The van der Waals surface area contributed by atoms with Crippen LogP contribution < -0.4 is 5.32 Å². The molecule has 2 nitrogen and oxygen atoms in total. The number of phenols is 1. The van der Waals surface area contributed by atoms with Crippen LogP contribution >= 0.6 is 11.8 Å². The molecule has 0 spiro atoms. The number of aromatic hydroxyl groups is 1. The minimum Gasteiger partial charge on any atom is -0.508 e. The first-order valence-electron chi connectivity index (χ1n) is 6.48. The summed E-state index contributed by atoms with van der Waals surface area (Å²) in [6.45, 7) is 0. The fourth-order valence-corrected chi connectivity index (χ4v) is 4.09. The summed E-state index contributed by atoms with van der Waals surface area (Å²) in [6.07, 6.45) is 4.88. The molecule has 2 aliphatic rings. The molecule has 92 valence electrons. The molecule has 0 radical (unpaired) electrons. The molecule has 0 bridgehead atoms. The van der Waals surface area contributed by atoms with Gasteiger partial charge in [-0.25, -0.2) is 0 Å². The second-order valence-electron chi connectivity index (χ2n) is 5.06. The predicted octanol–water partition coefficient (Wildman–Crippen LogP) is 2.86. The van der Waals surface area contributed by atoms with Crippen LogP contribution in [0.15, 0.2) is 18.2 Å². The minimum absolute atomic E-state index is 0.404. The van der Waals surface area contributed by atoms with Gasteiger partial charge in [-0.3, -0.25) is 0 Å². The molecule has 3 rings (SSSR count). The highest BCUT2D eigenvalue weighted by atomic mass is 32.2. The van der Waals surface area contributed by atoms with Crippen molar-refractivity contribution in [2.75, 3.05) is 11.5 Å². The number of thioether (sulfide) groups is 1. The van der Waals surface area contributed by atoms with Gasteiger partial charge in [-0.05, 0) is 54.7 Å². The maximum Gasteiger partial charge on any atom is 0.115 e. The molecule has 1 aromatic carbocycles. The van der Waals surface area contributed by atoms with E-state index in [9.17, 15) is 5.11 Å². The molecular weight excluding hydrogens is 230 g/mol. The van der Waals surface area contributed by atoms with E-state index in [0.717, 1.165) is 6.42 Å². The lowest BCUT2D eigenvalue weighted by molar-refractivity contribution is 0.410. The molecule has 3 heteroatoms. The third kappa shape index (κ3) is 2.45. The van der Waals surface area contributed by atoms with E-state index in [4.69, 9.17) is 0 Å². The van der Waals surface area contributed by atoms with E-state index >= 15 is 0 Å². The van der Waals surface area contributed by atoms with Gasteiger partial charge in [-0.2, -0.15) is 11.8 Å². The second-order valence-corrected chi connectivity index (χ2v) is 6.20. The van der Waals surface area contributed by atoms with Gasteiger partial charge in [0.15, 0.2) is 0 Å². The van der Waals surface area contributed by atoms with Crippen LogP contribution in [0.2, 0.25) is 0 Å². The lowest BCUT2D eigenvalue weighted by Gasteiger charge is -2.29. The molecule has 1 fully saturated rings. The van der Waals surface area contributed by atoms with Gasteiger partial charge in [0.25, 0.3) is 0 Å². The molecule has 1 aliphatic heterocycles. The van der Waals surface area contributed by atoms with Crippen molar-refractivity contribution >= 4 is 11.8 Å². The van der Waals surface area contributed by atoms with Crippen LogP contribution in [0.4, 0.5) is 0 Å². The Balaban J connectivity index is 1.78. The van der Waals surface area contributed by atoms with Crippen LogP contribution in [0.1, 0.15) is 36.4 Å². The topological polar surface area (TPSA) is 32.3 Å². The van der Waals surface area contributed by atoms with Gasteiger partial charge in [0.05, 0.1) is 0 Å². The zero-order chi connectivity index (χ0) is 11.7. The van der Waals surface area contributed by atoms with E-state index in [2.05, 4.69) is 23.1 Å². The van der Waals surface area contributed by atoms with Crippen LogP contribution in [-0.4, -0.2) is 22.7 Å². The third-order valence-electron chi connectivity index (χ3n) is 3.81. The van der Waals surface area contributed by atoms with Gasteiger partial charge in [0.2, 0.25) is 0 Å². The smallest absolute Gasteiger partial charge is 0.115 e. The van der Waals surface area contributed by atoms with Gasteiger partial charge >= 0.3 is 0 Å². The van der Waals surface area contributed by atoms with Gasteiger partial charge in [0, 0.05) is 17.8 Å². The van der Waals surface area contributed by atoms with Crippen molar-refractivity contribution < 1.29 is 5.11 Å². The molecule has 0 amide bonds. The number of phenolic OH excluding ortho intramolecular Hbond substituents is 1. The van der Waals surface area contributed by atoms with E-state index in [1.165, 1.54) is 41.9 Å². The lowest BCUT2D eigenvalue weighted by atomic mass is 9.87. The number of fused-ring (bicyclic) bond motifs is 1. The first-order valence-corrected chi connectivity index (χ1v) is 7.64. The summed E-state index contributed by atoms with van der Waals surface area (Å²) in [6, 6.07) is 7.05. The highest BCUT2D eigenvalue weighted by Crippen LogP contribution is 2.33. The lowest BCUT2D eigenvalue weighted by Crippen LogP contribution is -2.34. The largest absolute Gasteiger partial charge is 0.508 e. The van der Waals surface area contributed by atoms with E-state index in [1.807, 2.05) is 12.1 Å². The molecule has 0 saturated carbocycles. The van der Waals surface area contributed by atoms with Crippen molar-refractivity contribution in [3.05, 3.63) is 29.3 Å². The van der Waals surface area contributed by atoms with Crippen molar-refractivity contribution in [3.8, 4) is 5.75 Å². The summed E-state index contributed by atoms with van der Waals surface area (Å²) >= 11 is 2.05. The summed E-state index contributed by atoms with van der Waals surface area (Å²) < 4.78 is 0. The average Bonchev–Trinajstić information content (AvgIpc) is 2.82. The summed E-state index contributed by atoms with van der Waals surface area (Å²) in [5.41, 5.74) is 2.74. The first-order chi connectivity index (χ1) is 8.33. The molecule has 1 heterocycles. The number of rotatable bonds is 2. The molecule has 2 unspecified atom stereocenters. The summed E-state index contributed by atoms with van der Waals surface area (Å²) in [4.78, 5) is 0. The van der Waals surface area contributed by atoms with Crippen molar-refractivity contribution in [1.29, 1.82) is 0 Å². The Kier molecular flexibility index (Phi) is 3.30. The summed E-state index contributed by atoms with van der Waals surface area (Å²) in [5, 5.41) is 13.3. The van der Waals surface area contributed by atoms with E-state index in [0.29, 0.717) is 17.8 Å². The Morgan fingerprint density at radius 2 is 2.24 bits per heavy atom. The monoisotopic (exact) mass is 249 g/mol. The van der Waals surface area contributed by atoms with Crippen LogP contribution in [0.5, 0.6) is 5.75 Å². The molecule has 1 aromatic rings. The van der Waals surface area contributed by atoms with E-state index < -0.39 is 0 Å². The zero-order valence-corrected chi connectivity index (χ0v) is 10.8. The van der Waals surface area contributed by atoms with E-state index in [-0.39, 0.29) is 0 Å². The summed E-state index contributed by atoms with van der Waals surface area (Å²) in [7, 11) is 0. The normalized spacial score (nSPS) is 28.0. The Hall–Kier alpha value is -0.670. The predicted molar refractivity (Wildman–Crippen MR) is 72.7 cm³/mol. The number of hydrogen-bond donors (Lipinski definition) is 2. The molecule has 0 aromatic heterocycles. The van der Waals surface area contributed by atoms with Crippen molar-refractivity contribution in [3.63, 3.8) is 0 Å². The van der Waals surface area contributed by atoms with Crippen molar-refractivity contribution in [2.45, 2.75) is 37.8 Å². The maximum atomic E-state index is 9.53. The molecule has 1 aliphatic carbocycles. The number of nitrogens with one attached hydrogen (secondary N) is 1.